The van der Waals surface area contributed by atoms with Gasteiger partial charge in [-0.15, -0.1) is 24.0 Å². The van der Waals surface area contributed by atoms with Crippen molar-refractivity contribution in [3.8, 4) is 5.75 Å². The minimum Gasteiger partial charge on any atom is -0.496 e. The standard InChI is InChI=1S/C19H25N3O3S.HI/c1-4-20-19(22-14-16-7-5-6-8-18(16)25-2)21-13-15-9-11-17(12-10-15)26(3,23)24;/h5-12H,4,13-14H2,1-3H3,(H2,20,21,22);1H. The zero-order chi connectivity index (χ0) is 19.0. The zero-order valence-electron chi connectivity index (χ0n) is 15.7. The number of para-hydroxylation sites is 1. The van der Waals surface area contributed by atoms with Crippen molar-refractivity contribution in [1.29, 1.82) is 0 Å². The molecule has 0 radical (unpaired) electrons. The molecule has 0 atom stereocenters. The van der Waals surface area contributed by atoms with Crippen LogP contribution < -0.4 is 15.4 Å². The minimum atomic E-state index is -3.18. The van der Waals surface area contributed by atoms with E-state index in [2.05, 4.69) is 15.6 Å². The van der Waals surface area contributed by atoms with Gasteiger partial charge in [-0.3, -0.25) is 0 Å². The second kappa shape index (κ2) is 11.1. The molecule has 0 saturated carbocycles. The summed E-state index contributed by atoms with van der Waals surface area (Å²) in [5.74, 6) is 1.51. The van der Waals surface area contributed by atoms with Crippen LogP contribution in [0.2, 0.25) is 0 Å². The molecule has 148 valence electrons. The van der Waals surface area contributed by atoms with Gasteiger partial charge in [0.15, 0.2) is 15.8 Å². The van der Waals surface area contributed by atoms with Crippen LogP contribution in [-0.2, 0) is 22.9 Å². The Bertz CT molecular complexity index is 853. The van der Waals surface area contributed by atoms with Crippen molar-refractivity contribution in [1.82, 2.24) is 10.6 Å². The third-order valence-electron chi connectivity index (χ3n) is 3.75. The van der Waals surface area contributed by atoms with E-state index < -0.39 is 9.84 Å². The molecular formula is C19H26IN3O3S. The lowest BCUT2D eigenvalue weighted by Crippen LogP contribution is -2.36. The van der Waals surface area contributed by atoms with Crippen molar-refractivity contribution in [2.75, 3.05) is 19.9 Å². The number of hydrogen-bond acceptors (Lipinski definition) is 4. The molecule has 0 saturated heterocycles. The van der Waals surface area contributed by atoms with E-state index in [0.29, 0.717) is 23.9 Å². The van der Waals surface area contributed by atoms with Gasteiger partial charge in [-0.2, -0.15) is 0 Å². The third-order valence-corrected chi connectivity index (χ3v) is 4.88. The Balaban J connectivity index is 0.00000364. The van der Waals surface area contributed by atoms with Gasteiger partial charge in [0.25, 0.3) is 0 Å². The van der Waals surface area contributed by atoms with E-state index in [1.54, 1.807) is 31.4 Å². The molecule has 0 aliphatic rings. The molecule has 2 aromatic rings. The molecule has 8 heteroatoms. The van der Waals surface area contributed by atoms with Crippen LogP contribution in [-0.4, -0.2) is 34.3 Å². The first-order valence-electron chi connectivity index (χ1n) is 8.37. The molecule has 0 bridgehead atoms. The molecule has 2 N–H and O–H groups in total. The molecule has 0 aliphatic heterocycles. The summed E-state index contributed by atoms with van der Waals surface area (Å²) in [6.45, 7) is 3.78. The summed E-state index contributed by atoms with van der Waals surface area (Å²) < 4.78 is 28.4. The van der Waals surface area contributed by atoms with Crippen molar-refractivity contribution >= 4 is 39.8 Å². The molecule has 27 heavy (non-hydrogen) atoms. The molecule has 0 spiro atoms. The molecule has 0 amide bonds. The SMILES string of the molecule is CCNC(=NCc1ccc(S(C)(=O)=O)cc1)NCc1ccccc1OC.I. The Labute approximate surface area is 178 Å². The number of nitrogens with zero attached hydrogens (tertiary/aromatic N) is 1. The maximum atomic E-state index is 11.5. The van der Waals surface area contributed by atoms with Gasteiger partial charge in [0.1, 0.15) is 5.75 Å². The highest BCUT2D eigenvalue weighted by Gasteiger charge is 2.06. The van der Waals surface area contributed by atoms with Crippen molar-refractivity contribution in [3.05, 3.63) is 59.7 Å². The van der Waals surface area contributed by atoms with Crippen molar-refractivity contribution in [2.24, 2.45) is 4.99 Å². The molecule has 6 nitrogen and oxygen atoms in total. The normalized spacial score (nSPS) is 11.4. The Morgan fingerprint density at radius 1 is 1.07 bits per heavy atom. The van der Waals surface area contributed by atoms with Gasteiger partial charge in [-0.25, -0.2) is 13.4 Å². The van der Waals surface area contributed by atoms with Gasteiger partial charge in [0.05, 0.1) is 18.6 Å². The quantitative estimate of drug-likeness (QED) is 0.345. The second-order valence-electron chi connectivity index (χ2n) is 5.78. The first-order valence-corrected chi connectivity index (χ1v) is 10.3. The number of nitrogens with one attached hydrogen (secondary N) is 2. The number of methoxy groups -OCH3 is 1. The van der Waals surface area contributed by atoms with Crippen molar-refractivity contribution in [3.63, 3.8) is 0 Å². The zero-order valence-corrected chi connectivity index (χ0v) is 18.9. The lowest BCUT2D eigenvalue weighted by atomic mass is 10.2. The van der Waals surface area contributed by atoms with E-state index in [0.717, 1.165) is 23.4 Å². The molecule has 0 aromatic heterocycles. The average Bonchev–Trinajstić information content (AvgIpc) is 2.64. The predicted molar refractivity (Wildman–Crippen MR) is 120 cm³/mol. The van der Waals surface area contributed by atoms with Gasteiger partial charge in [-0.05, 0) is 30.7 Å². The highest BCUT2D eigenvalue weighted by molar-refractivity contribution is 14.0. The average molecular weight is 503 g/mol. The van der Waals surface area contributed by atoms with Gasteiger partial charge in [-0.1, -0.05) is 30.3 Å². The summed E-state index contributed by atoms with van der Waals surface area (Å²) in [6, 6.07) is 14.6. The Morgan fingerprint density at radius 3 is 2.33 bits per heavy atom. The molecule has 0 fully saturated rings. The molecule has 2 aromatic carbocycles. The number of ether oxygens (including phenoxy) is 1. The van der Waals surface area contributed by atoms with Gasteiger partial charge in [0.2, 0.25) is 0 Å². The fourth-order valence-electron chi connectivity index (χ4n) is 2.38. The smallest absolute Gasteiger partial charge is 0.191 e. The topological polar surface area (TPSA) is 79.8 Å². The van der Waals surface area contributed by atoms with E-state index in [4.69, 9.17) is 4.74 Å². The van der Waals surface area contributed by atoms with Crippen LogP contribution in [0.15, 0.2) is 58.4 Å². The van der Waals surface area contributed by atoms with Crippen LogP contribution in [0, 0.1) is 0 Å². The number of halogens is 1. The van der Waals surface area contributed by atoms with Crippen LogP contribution in [0.4, 0.5) is 0 Å². The fraction of sp³-hybridized carbons (Fsp3) is 0.316. The summed E-state index contributed by atoms with van der Waals surface area (Å²) in [5.41, 5.74) is 1.98. The first-order chi connectivity index (χ1) is 12.4. The molecule has 0 heterocycles. The summed E-state index contributed by atoms with van der Waals surface area (Å²) in [4.78, 5) is 4.86. The van der Waals surface area contributed by atoms with Crippen LogP contribution in [0.1, 0.15) is 18.1 Å². The van der Waals surface area contributed by atoms with Crippen LogP contribution in [0.25, 0.3) is 0 Å². The van der Waals surface area contributed by atoms with E-state index in [9.17, 15) is 8.42 Å². The van der Waals surface area contributed by atoms with E-state index in [1.165, 1.54) is 6.26 Å². The molecule has 0 aliphatic carbocycles. The maximum absolute atomic E-state index is 11.5. The monoisotopic (exact) mass is 503 g/mol. The van der Waals surface area contributed by atoms with Crippen LogP contribution in [0.5, 0.6) is 5.75 Å². The summed E-state index contributed by atoms with van der Waals surface area (Å²) in [6.07, 6.45) is 1.20. The van der Waals surface area contributed by atoms with Gasteiger partial charge in [0, 0.05) is 24.9 Å². The number of rotatable bonds is 7. The number of aliphatic imine (C=N–C) groups is 1. The molecule has 0 unspecified atom stereocenters. The Kier molecular flexibility index (Phi) is 9.57. The van der Waals surface area contributed by atoms with Gasteiger partial charge < -0.3 is 15.4 Å². The minimum absolute atomic E-state index is 0. The number of sulfone groups is 1. The Morgan fingerprint density at radius 2 is 1.74 bits per heavy atom. The third kappa shape index (κ3) is 7.37. The number of benzene rings is 2. The maximum Gasteiger partial charge on any atom is 0.191 e. The number of guanidine groups is 1. The number of hydrogen-bond donors (Lipinski definition) is 2. The van der Waals surface area contributed by atoms with Crippen molar-refractivity contribution in [2.45, 2.75) is 24.9 Å². The van der Waals surface area contributed by atoms with Gasteiger partial charge >= 0.3 is 0 Å². The summed E-state index contributed by atoms with van der Waals surface area (Å²) in [7, 11) is -1.53. The molecular weight excluding hydrogens is 477 g/mol. The lowest BCUT2D eigenvalue weighted by Gasteiger charge is -2.13. The Hall–Kier alpha value is -1.81. The van der Waals surface area contributed by atoms with Crippen LogP contribution in [0.3, 0.4) is 0 Å². The van der Waals surface area contributed by atoms with Crippen molar-refractivity contribution < 1.29 is 13.2 Å². The summed E-state index contributed by atoms with van der Waals surface area (Å²) >= 11 is 0. The lowest BCUT2D eigenvalue weighted by molar-refractivity contribution is 0.409. The largest absolute Gasteiger partial charge is 0.496 e. The van der Waals surface area contributed by atoms with Crippen LogP contribution >= 0.6 is 24.0 Å². The van der Waals surface area contributed by atoms with E-state index in [1.807, 2.05) is 31.2 Å². The second-order valence-corrected chi connectivity index (χ2v) is 7.79. The summed E-state index contributed by atoms with van der Waals surface area (Å²) in [5, 5.41) is 6.48. The predicted octanol–water partition coefficient (Wildman–Crippen LogP) is 2.97. The van der Waals surface area contributed by atoms with E-state index in [-0.39, 0.29) is 24.0 Å². The highest BCUT2D eigenvalue weighted by Crippen LogP contribution is 2.16. The van der Waals surface area contributed by atoms with E-state index >= 15 is 0 Å². The fourth-order valence-corrected chi connectivity index (χ4v) is 3.01. The first kappa shape index (κ1) is 23.2. The molecule has 2 rings (SSSR count). The highest BCUT2D eigenvalue weighted by atomic mass is 127.